The summed E-state index contributed by atoms with van der Waals surface area (Å²) in [5.74, 6) is -0.382. The molecule has 1 N–H and O–H groups in total. The van der Waals surface area contributed by atoms with Gasteiger partial charge in [-0.05, 0) is 49.6 Å². The molecule has 130 valence electrons. The van der Waals surface area contributed by atoms with E-state index in [2.05, 4.69) is 11.4 Å². The lowest BCUT2D eigenvalue weighted by atomic mass is 10.1. The van der Waals surface area contributed by atoms with Crippen LogP contribution in [0.1, 0.15) is 30.0 Å². The van der Waals surface area contributed by atoms with Crippen molar-refractivity contribution < 1.29 is 14.3 Å². The molecule has 4 heteroatoms. The van der Waals surface area contributed by atoms with Crippen molar-refractivity contribution >= 4 is 23.6 Å². The summed E-state index contributed by atoms with van der Waals surface area (Å²) in [5.41, 5.74) is 3.97. The SMILES string of the molecule is CCOC(=O)/C=C/c1ccc(NC(=O)CCc2cccc(C)c2)cc1. The highest BCUT2D eigenvalue weighted by molar-refractivity contribution is 5.91. The summed E-state index contributed by atoms with van der Waals surface area (Å²) < 4.78 is 4.83. The Labute approximate surface area is 148 Å². The standard InChI is InChI=1S/C21H23NO3/c1-3-25-21(24)14-10-17-7-11-19(12-8-17)22-20(23)13-9-18-6-4-5-16(2)15-18/h4-8,10-12,14-15H,3,9,13H2,1-2H3,(H,22,23)/b14-10+. The molecule has 1 amide bonds. The molecular weight excluding hydrogens is 314 g/mol. The topological polar surface area (TPSA) is 55.4 Å². The molecule has 0 bridgehead atoms. The van der Waals surface area contributed by atoms with Crippen molar-refractivity contribution in [3.8, 4) is 0 Å². The first-order chi connectivity index (χ1) is 12.1. The summed E-state index contributed by atoms with van der Waals surface area (Å²) in [4.78, 5) is 23.3. The van der Waals surface area contributed by atoms with E-state index in [4.69, 9.17) is 4.74 Å². The van der Waals surface area contributed by atoms with Gasteiger partial charge in [-0.25, -0.2) is 4.79 Å². The largest absolute Gasteiger partial charge is 0.463 e. The number of aryl methyl sites for hydroxylation is 2. The summed E-state index contributed by atoms with van der Waals surface area (Å²) in [7, 11) is 0. The lowest BCUT2D eigenvalue weighted by molar-refractivity contribution is -0.137. The first kappa shape index (κ1) is 18.5. The van der Waals surface area contributed by atoms with Gasteiger partial charge in [0.2, 0.25) is 5.91 Å². The molecule has 0 saturated heterocycles. The van der Waals surface area contributed by atoms with Crippen LogP contribution in [0.15, 0.2) is 54.6 Å². The van der Waals surface area contributed by atoms with Crippen molar-refractivity contribution in [2.45, 2.75) is 26.7 Å². The number of hydrogen-bond acceptors (Lipinski definition) is 3. The zero-order valence-electron chi connectivity index (χ0n) is 14.6. The fourth-order valence-electron chi connectivity index (χ4n) is 2.38. The number of nitrogens with one attached hydrogen (secondary N) is 1. The van der Waals surface area contributed by atoms with Gasteiger partial charge in [-0.15, -0.1) is 0 Å². The molecule has 2 aromatic carbocycles. The van der Waals surface area contributed by atoms with Gasteiger partial charge >= 0.3 is 5.97 Å². The average Bonchev–Trinajstić information content (AvgIpc) is 2.60. The van der Waals surface area contributed by atoms with E-state index in [9.17, 15) is 9.59 Å². The van der Waals surface area contributed by atoms with Gasteiger partial charge in [0.15, 0.2) is 0 Å². The van der Waals surface area contributed by atoms with Crippen LogP contribution < -0.4 is 5.32 Å². The Balaban J connectivity index is 1.83. The molecule has 0 unspecified atom stereocenters. The van der Waals surface area contributed by atoms with E-state index >= 15 is 0 Å². The third-order valence-electron chi connectivity index (χ3n) is 3.62. The summed E-state index contributed by atoms with van der Waals surface area (Å²) in [6.45, 7) is 4.17. The molecule has 2 rings (SSSR count). The number of carbonyl (C=O) groups is 2. The molecule has 4 nitrogen and oxygen atoms in total. The Kier molecular flexibility index (Phi) is 6.96. The predicted molar refractivity (Wildman–Crippen MR) is 100 cm³/mol. The number of amides is 1. The van der Waals surface area contributed by atoms with Crippen molar-refractivity contribution in [2.75, 3.05) is 11.9 Å². The Morgan fingerprint density at radius 2 is 1.88 bits per heavy atom. The van der Waals surface area contributed by atoms with Crippen molar-refractivity contribution in [3.63, 3.8) is 0 Å². The van der Waals surface area contributed by atoms with E-state index in [0.717, 1.165) is 16.8 Å². The molecule has 0 aromatic heterocycles. The van der Waals surface area contributed by atoms with Crippen LogP contribution in [0, 0.1) is 6.92 Å². The highest BCUT2D eigenvalue weighted by atomic mass is 16.5. The van der Waals surface area contributed by atoms with Crippen molar-refractivity contribution in [2.24, 2.45) is 0 Å². The highest BCUT2D eigenvalue weighted by Gasteiger charge is 2.03. The van der Waals surface area contributed by atoms with Gasteiger partial charge in [0.05, 0.1) is 6.61 Å². The molecule has 0 aliphatic heterocycles. The minimum absolute atomic E-state index is 0.0173. The second-order valence-electron chi connectivity index (χ2n) is 5.74. The van der Waals surface area contributed by atoms with E-state index in [0.29, 0.717) is 19.4 Å². The van der Waals surface area contributed by atoms with Crippen LogP contribution in [-0.2, 0) is 20.7 Å². The van der Waals surface area contributed by atoms with Gasteiger partial charge < -0.3 is 10.1 Å². The fourth-order valence-corrected chi connectivity index (χ4v) is 2.38. The van der Waals surface area contributed by atoms with Gasteiger partial charge in [0.1, 0.15) is 0 Å². The molecule has 0 aliphatic carbocycles. The minimum Gasteiger partial charge on any atom is -0.463 e. The number of ether oxygens (including phenoxy) is 1. The van der Waals surface area contributed by atoms with Crippen LogP contribution in [-0.4, -0.2) is 18.5 Å². The molecular formula is C21H23NO3. The summed E-state index contributed by atoms with van der Waals surface area (Å²) in [6, 6.07) is 15.5. The van der Waals surface area contributed by atoms with Crippen molar-refractivity contribution in [1.82, 2.24) is 0 Å². The number of rotatable bonds is 7. The smallest absolute Gasteiger partial charge is 0.330 e. The average molecular weight is 337 g/mol. The van der Waals surface area contributed by atoms with Gasteiger partial charge in [0.25, 0.3) is 0 Å². The number of hydrogen-bond donors (Lipinski definition) is 1. The number of anilines is 1. The summed E-state index contributed by atoms with van der Waals surface area (Å²) >= 11 is 0. The molecule has 0 atom stereocenters. The summed E-state index contributed by atoms with van der Waals surface area (Å²) in [5, 5.41) is 2.88. The molecule has 0 radical (unpaired) electrons. The van der Waals surface area contributed by atoms with E-state index in [1.54, 1.807) is 13.0 Å². The van der Waals surface area contributed by atoms with Crippen LogP contribution in [0.3, 0.4) is 0 Å². The second-order valence-corrected chi connectivity index (χ2v) is 5.74. The van der Waals surface area contributed by atoms with Gasteiger partial charge in [-0.2, -0.15) is 0 Å². The van der Waals surface area contributed by atoms with Crippen molar-refractivity contribution in [3.05, 3.63) is 71.3 Å². The summed E-state index contributed by atoms with van der Waals surface area (Å²) in [6.07, 6.45) is 4.22. The Bertz CT molecular complexity index is 748. The maximum absolute atomic E-state index is 12.1. The van der Waals surface area contributed by atoms with Crippen LogP contribution in [0.25, 0.3) is 6.08 Å². The molecule has 0 aliphatic rings. The fraction of sp³-hybridized carbons (Fsp3) is 0.238. The normalized spacial score (nSPS) is 10.6. The van der Waals surface area contributed by atoms with E-state index in [1.807, 2.05) is 49.4 Å². The van der Waals surface area contributed by atoms with Crippen LogP contribution in [0.5, 0.6) is 0 Å². The van der Waals surface area contributed by atoms with Crippen LogP contribution in [0.4, 0.5) is 5.69 Å². The number of carbonyl (C=O) groups excluding carboxylic acids is 2. The Morgan fingerprint density at radius 1 is 1.12 bits per heavy atom. The maximum Gasteiger partial charge on any atom is 0.330 e. The number of benzene rings is 2. The lowest BCUT2D eigenvalue weighted by Crippen LogP contribution is -2.12. The quantitative estimate of drug-likeness (QED) is 0.610. The molecule has 0 heterocycles. The second kappa shape index (κ2) is 9.42. The molecule has 2 aromatic rings. The first-order valence-corrected chi connectivity index (χ1v) is 8.37. The van der Waals surface area contributed by atoms with Gasteiger partial charge in [-0.3, -0.25) is 4.79 Å². The molecule has 25 heavy (non-hydrogen) atoms. The van der Waals surface area contributed by atoms with Gasteiger partial charge in [0, 0.05) is 18.2 Å². The van der Waals surface area contributed by atoms with E-state index in [-0.39, 0.29) is 11.9 Å². The van der Waals surface area contributed by atoms with Gasteiger partial charge in [-0.1, -0.05) is 42.0 Å². The zero-order chi connectivity index (χ0) is 18.1. The third-order valence-corrected chi connectivity index (χ3v) is 3.62. The number of esters is 1. The molecule has 0 fully saturated rings. The third kappa shape index (κ3) is 6.63. The van der Waals surface area contributed by atoms with Crippen LogP contribution >= 0.6 is 0 Å². The van der Waals surface area contributed by atoms with Crippen LogP contribution in [0.2, 0.25) is 0 Å². The first-order valence-electron chi connectivity index (χ1n) is 8.37. The van der Waals surface area contributed by atoms with E-state index in [1.165, 1.54) is 11.6 Å². The maximum atomic E-state index is 12.1. The minimum atomic E-state index is -0.365. The van der Waals surface area contributed by atoms with E-state index < -0.39 is 0 Å². The lowest BCUT2D eigenvalue weighted by Gasteiger charge is -2.06. The zero-order valence-corrected chi connectivity index (χ0v) is 14.6. The predicted octanol–water partition coefficient (Wildman–Crippen LogP) is 4.14. The molecule has 0 spiro atoms. The van der Waals surface area contributed by atoms with Crippen molar-refractivity contribution in [1.29, 1.82) is 0 Å². The monoisotopic (exact) mass is 337 g/mol. The molecule has 0 saturated carbocycles. The highest BCUT2D eigenvalue weighted by Crippen LogP contribution is 2.12. The Morgan fingerprint density at radius 3 is 2.56 bits per heavy atom. The Hall–Kier alpha value is -2.88.